The lowest BCUT2D eigenvalue weighted by atomic mass is 9.98. The number of benzene rings is 1. The number of amides is 1. The van der Waals surface area contributed by atoms with Crippen molar-refractivity contribution < 1.29 is 14.3 Å². The van der Waals surface area contributed by atoms with Gasteiger partial charge in [-0.1, -0.05) is 19.1 Å². The minimum absolute atomic E-state index is 0. The Morgan fingerprint density at radius 2 is 2.10 bits per heavy atom. The van der Waals surface area contributed by atoms with Crippen molar-refractivity contribution in [2.75, 3.05) is 26.7 Å². The molecule has 0 spiro atoms. The van der Waals surface area contributed by atoms with Crippen molar-refractivity contribution in [3.63, 3.8) is 0 Å². The predicted octanol–water partition coefficient (Wildman–Crippen LogP) is 3.18. The SMILES string of the molecule is CCOC(=O)C1CCCN(C(=NC)NCc2cccc(C(=O)NC(C)CC)c2)C1.I. The lowest BCUT2D eigenvalue weighted by Crippen LogP contribution is -2.48. The van der Waals surface area contributed by atoms with Gasteiger partial charge in [-0.3, -0.25) is 14.6 Å². The van der Waals surface area contributed by atoms with E-state index in [2.05, 4.69) is 20.5 Å². The lowest BCUT2D eigenvalue weighted by molar-refractivity contribution is -0.149. The van der Waals surface area contributed by atoms with Crippen molar-refractivity contribution >= 4 is 41.8 Å². The summed E-state index contributed by atoms with van der Waals surface area (Å²) in [6.07, 6.45) is 2.67. The van der Waals surface area contributed by atoms with Crippen molar-refractivity contribution in [3.8, 4) is 0 Å². The molecular weight excluding hydrogens is 495 g/mol. The molecule has 1 aromatic carbocycles. The molecule has 0 aromatic heterocycles. The van der Waals surface area contributed by atoms with Gasteiger partial charge in [-0.2, -0.15) is 0 Å². The zero-order valence-electron chi connectivity index (χ0n) is 18.4. The third-order valence-corrected chi connectivity index (χ3v) is 5.18. The number of esters is 1. The molecule has 2 N–H and O–H groups in total. The summed E-state index contributed by atoms with van der Waals surface area (Å²) < 4.78 is 5.18. The summed E-state index contributed by atoms with van der Waals surface area (Å²) in [5, 5.41) is 6.35. The monoisotopic (exact) mass is 530 g/mol. The van der Waals surface area contributed by atoms with Crippen molar-refractivity contribution in [2.24, 2.45) is 10.9 Å². The molecule has 2 rings (SSSR count). The molecule has 1 saturated heterocycles. The number of hydrogen-bond acceptors (Lipinski definition) is 4. The Hall–Kier alpha value is -1.84. The predicted molar refractivity (Wildman–Crippen MR) is 130 cm³/mol. The van der Waals surface area contributed by atoms with Gasteiger partial charge in [0, 0.05) is 38.3 Å². The number of piperidine rings is 1. The summed E-state index contributed by atoms with van der Waals surface area (Å²) in [7, 11) is 1.74. The zero-order valence-corrected chi connectivity index (χ0v) is 20.8. The lowest BCUT2D eigenvalue weighted by Gasteiger charge is -2.34. The number of hydrogen-bond donors (Lipinski definition) is 2. The average molecular weight is 530 g/mol. The number of ether oxygens (including phenoxy) is 1. The number of rotatable bonds is 7. The van der Waals surface area contributed by atoms with Crippen LogP contribution in [0.25, 0.3) is 0 Å². The van der Waals surface area contributed by atoms with E-state index < -0.39 is 0 Å². The summed E-state index contributed by atoms with van der Waals surface area (Å²) in [5.74, 6) is 0.454. The molecule has 1 aliphatic heterocycles. The third kappa shape index (κ3) is 7.77. The van der Waals surface area contributed by atoms with Gasteiger partial charge in [0.25, 0.3) is 5.91 Å². The van der Waals surface area contributed by atoms with E-state index in [0.717, 1.165) is 37.3 Å². The summed E-state index contributed by atoms with van der Waals surface area (Å²) in [4.78, 5) is 30.9. The van der Waals surface area contributed by atoms with E-state index in [4.69, 9.17) is 4.74 Å². The highest BCUT2D eigenvalue weighted by molar-refractivity contribution is 14.0. The van der Waals surface area contributed by atoms with Gasteiger partial charge in [-0.05, 0) is 50.8 Å². The van der Waals surface area contributed by atoms with E-state index in [-0.39, 0.29) is 47.8 Å². The molecule has 0 radical (unpaired) electrons. The topological polar surface area (TPSA) is 83.0 Å². The van der Waals surface area contributed by atoms with Crippen LogP contribution in [0.2, 0.25) is 0 Å². The van der Waals surface area contributed by atoms with Crippen LogP contribution in [0.3, 0.4) is 0 Å². The Bertz CT molecular complexity index is 726. The molecule has 0 aliphatic carbocycles. The second-order valence-corrected chi connectivity index (χ2v) is 7.42. The van der Waals surface area contributed by atoms with E-state index in [0.29, 0.717) is 25.3 Å². The number of carbonyl (C=O) groups excluding carboxylic acids is 2. The van der Waals surface area contributed by atoms with Crippen LogP contribution < -0.4 is 10.6 Å². The molecule has 30 heavy (non-hydrogen) atoms. The second kappa shape index (κ2) is 13.5. The molecule has 1 fully saturated rings. The fourth-order valence-electron chi connectivity index (χ4n) is 3.37. The van der Waals surface area contributed by atoms with Crippen LogP contribution in [-0.2, 0) is 16.1 Å². The van der Waals surface area contributed by atoms with Crippen LogP contribution in [0.4, 0.5) is 0 Å². The molecule has 7 nitrogen and oxygen atoms in total. The van der Waals surface area contributed by atoms with Crippen LogP contribution in [0, 0.1) is 5.92 Å². The summed E-state index contributed by atoms with van der Waals surface area (Å²) >= 11 is 0. The first-order valence-corrected chi connectivity index (χ1v) is 10.5. The molecule has 1 aliphatic rings. The van der Waals surface area contributed by atoms with E-state index in [1.165, 1.54) is 0 Å². The number of nitrogens with zero attached hydrogens (tertiary/aromatic N) is 2. The maximum absolute atomic E-state index is 12.4. The molecule has 1 aromatic rings. The summed E-state index contributed by atoms with van der Waals surface area (Å²) in [6, 6.07) is 7.75. The summed E-state index contributed by atoms with van der Waals surface area (Å²) in [5.41, 5.74) is 1.65. The minimum Gasteiger partial charge on any atom is -0.466 e. The van der Waals surface area contributed by atoms with Crippen molar-refractivity contribution in [2.45, 2.75) is 52.6 Å². The summed E-state index contributed by atoms with van der Waals surface area (Å²) in [6.45, 7) is 8.29. The van der Waals surface area contributed by atoms with Gasteiger partial charge in [0.05, 0.1) is 12.5 Å². The molecule has 0 saturated carbocycles. The van der Waals surface area contributed by atoms with Crippen molar-refractivity contribution in [1.82, 2.24) is 15.5 Å². The maximum Gasteiger partial charge on any atom is 0.310 e. The van der Waals surface area contributed by atoms with Gasteiger partial charge in [-0.15, -0.1) is 24.0 Å². The van der Waals surface area contributed by atoms with Gasteiger partial charge in [0.1, 0.15) is 0 Å². The Kier molecular flexibility index (Phi) is 11.8. The van der Waals surface area contributed by atoms with Crippen LogP contribution in [-0.4, -0.2) is 55.5 Å². The first-order valence-electron chi connectivity index (χ1n) is 10.5. The van der Waals surface area contributed by atoms with Gasteiger partial charge in [-0.25, -0.2) is 0 Å². The maximum atomic E-state index is 12.4. The van der Waals surface area contributed by atoms with E-state index in [9.17, 15) is 9.59 Å². The minimum atomic E-state index is -0.132. The second-order valence-electron chi connectivity index (χ2n) is 7.42. The number of nitrogens with one attached hydrogen (secondary N) is 2. The highest BCUT2D eigenvalue weighted by atomic mass is 127. The van der Waals surface area contributed by atoms with Crippen molar-refractivity contribution in [1.29, 1.82) is 0 Å². The number of aliphatic imine (C=N–C) groups is 1. The molecule has 2 unspecified atom stereocenters. The molecule has 0 bridgehead atoms. The smallest absolute Gasteiger partial charge is 0.310 e. The Morgan fingerprint density at radius 3 is 2.77 bits per heavy atom. The largest absolute Gasteiger partial charge is 0.466 e. The van der Waals surface area contributed by atoms with Gasteiger partial charge in [0.15, 0.2) is 5.96 Å². The quantitative estimate of drug-likeness (QED) is 0.245. The highest BCUT2D eigenvalue weighted by Crippen LogP contribution is 2.18. The standard InChI is InChI=1S/C22H34N4O3.HI/c1-5-16(3)25-20(27)18-10-7-9-17(13-18)14-24-22(23-4)26-12-8-11-19(15-26)21(28)29-6-2;/h7,9-10,13,16,19H,5-6,8,11-12,14-15H2,1-4H3,(H,23,24)(H,25,27);1H. The number of guanidine groups is 1. The van der Waals surface area contributed by atoms with E-state index in [1.54, 1.807) is 7.05 Å². The van der Waals surface area contributed by atoms with E-state index >= 15 is 0 Å². The van der Waals surface area contributed by atoms with Crippen LogP contribution in [0.15, 0.2) is 29.3 Å². The first kappa shape index (κ1) is 26.2. The average Bonchev–Trinajstić information content (AvgIpc) is 2.74. The van der Waals surface area contributed by atoms with Crippen molar-refractivity contribution in [3.05, 3.63) is 35.4 Å². The fraction of sp³-hybridized carbons (Fsp3) is 0.591. The highest BCUT2D eigenvalue weighted by Gasteiger charge is 2.28. The van der Waals surface area contributed by atoms with Gasteiger partial charge in [0.2, 0.25) is 0 Å². The zero-order chi connectivity index (χ0) is 21.2. The first-order chi connectivity index (χ1) is 14.0. The Morgan fingerprint density at radius 1 is 1.33 bits per heavy atom. The van der Waals surface area contributed by atoms with E-state index in [1.807, 2.05) is 45.0 Å². The van der Waals surface area contributed by atoms with Crippen LogP contribution in [0.1, 0.15) is 56.0 Å². The molecule has 168 valence electrons. The number of likely N-dealkylation sites (tertiary alicyclic amines) is 1. The Balaban J connectivity index is 0.00000450. The van der Waals surface area contributed by atoms with Gasteiger partial charge < -0.3 is 20.3 Å². The normalized spacial score (nSPS) is 17.5. The number of carbonyl (C=O) groups is 2. The molecular formula is C22H35IN4O3. The van der Waals surface area contributed by atoms with Gasteiger partial charge >= 0.3 is 5.97 Å². The Labute approximate surface area is 197 Å². The van der Waals surface area contributed by atoms with Crippen LogP contribution in [0.5, 0.6) is 0 Å². The molecule has 1 amide bonds. The number of halogens is 1. The molecule has 1 heterocycles. The van der Waals surface area contributed by atoms with Crippen LogP contribution >= 0.6 is 24.0 Å². The molecule has 8 heteroatoms. The molecule has 2 atom stereocenters. The fourth-order valence-corrected chi connectivity index (χ4v) is 3.37. The third-order valence-electron chi connectivity index (χ3n) is 5.18.